The third-order valence-electron chi connectivity index (χ3n) is 3.90. The van der Waals surface area contributed by atoms with Crippen LogP contribution in [0.25, 0.3) is 6.08 Å². The first kappa shape index (κ1) is 9.06. The molecule has 0 N–H and O–H groups in total. The number of anilines is 1. The molecule has 0 aromatic heterocycles. The molecule has 4 rings (SSSR count). The summed E-state index contributed by atoms with van der Waals surface area (Å²) in [4.78, 5) is 2.32. The molecule has 0 fully saturated rings. The van der Waals surface area contributed by atoms with Gasteiger partial charge in [0.2, 0.25) is 0 Å². The van der Waals surface area contributed by atoms with Crippen LogP contribution in [0.3, 0.4) is 0 Å². The summed E-state index contributed by atoms with van der Waals surface area (Å²) in [6.45, 7) is 0. The molecule has 0 bridgehead atoms. The maximum Gasteiger partial charge on any atom is 0.0519 e. The summed E-state index contributed by atoms with van der Waals surface area (Å²) in [5.74, 6) is 0.451. The van der Waals surface area contributed by atoms with E-state index in [1.54, 1.807) is 0 Å². The molecule has 82 valence electrons. The van der Waals surface area contributed by atoms with Crippen LogP contribution in [0.5, 0.6) is 0 Å². The monoisotopic (exact) mass is 219 g/mol. The van der Waals surface area contributed by atoms with E-state index in [1.807, 2.05) is 0 Å². The van der Waals surface area contributed by atoms with Crippen molar-refractivity contribution in [2.45, 2.75) is 5.92 Å². The van der Waals surface area contributed by atoms with Gasteiger partial charge in [0, 0.05) is 18.4 Å². The average Bonchev–Trinajstić information content (AvgIpc) is 2.88. The Hall–Kier alpha value is -2.02. The predicted molar refractivity (Wildman–Crippen MR) is 71.1 cm³/mol. The summed E-state index contributed by atoms with van der Waals surface area (Å²) in [5.41, 5.74) is 7.00. The van der Waals surface area contributed by atoms with Gasteiger partial charge in [-0.3, -0.25) is 0 Å². The van der Waals surface area contributed by atoms with Gasteiger partial charge in [0.1, 0.15) is 0 Å². The van der Waals surface area contributed by atoms with Crippen LogP contribution in [0.15, 0.2) is 54.2 Å². The fraction of sp³-hybridized carbons (Fsp3) is 0.125. The van der Waals surface area contributed by atoms with Crippen molar-refractivity contribution in [1.82, 2.24) is 0 Å². The van der Waals surface area contributed by atoms with Crippen LogP contribution < -0.4 is 4.90 Å². The minimum atomic E-state index is 0.451. The van der Waals surface area contributed by atoms with E-state index in [-0.39, 0.29) is 0 Å². The molecule has 2 aliphatic rings. The highest BCUT2D eigenvalue weighted by atomic mass is 15.1. The van der Waals surface area contributed by atoms with Crippen LogP contribution in [0.2, 0.25) is 0 Å². The van der Waals surface area contributed by atoms with Crippen molar-refractivity contribution in [3.63, 3.8) is 0 Å². The fourth-order valence-electron chi connectivity index (χ4n) is 3.10. The van der Waals surface area contributed by atoms with E-state index in [0.29, 0.717) is 5.92 Å². The van der Waals surface area contributed by atoms with Gasteiger partial charge < -0.3 is 4.90 Å². The zero-order valence-corrected chi connectivity index (χ0v) is 9.72. The quantitative estimate of drug-likeness (QED) is 0.654. The Kier molecular flexibility index (Phi) is 1.60. The van der Waals surface area contributed by atoms with Gasteiger partial charge in [0.15, 0.2) is 0 Å². The SMILES string of the molecule is CN1C2=Cc3ccccc3C2c2ccccc21. The topological polar surface area (TPSA) is 3.24 Å². The molecule has 2 aromatic carbocycles. The number of hydrogen-bond donors (Lipinski definition) is 0. The molecule has 0 saturated carbocycles. The molecule has 1 aliphatic heterocycles. The summed E-state index contributed by atoms with van der Waals surface area (Å²) in [6.07, 6.45) is 2.32. The van der Waals surface area contributed by atoms with Crippen LogP contribution in [0, 0.1) is 0 Å². The van der Waals surface area contributed by atoms with Crippen molar-refractivity contribution >= 4 is 11.8 Å². The highest BCUT2D eigenvalue weighted by Gasteiger charge is 2.36. The lowest BCUT2D eigenvalue weighted by Gasteiger charge is -2.14. The van der Waals surface area contributed by atoms with Crippen LogP contribution >= 0.6 is 0 Å². The summed E-state index contributed by atoms with van der Waals surface area (Å²) < 4.78 is 0. The number of nitrogens with zero attached hydrogens (tertiary/aromatic N) is 1. The molecule has 2 aromatic rings. The lowest BCUT2D eigenvalue weighted by atomic mass is 9.93. The highest BCUT2D eigenvalue weighted by Crippen LogP contribution is 2.51. The lowest BCUT2D eigenvalue weighted by molar-refractivity contribution is 0.990. The molecular weight excluding hydrogens is 206 g/mol. The van der Waals surface area contributed by atoms with Gasteiger partial charge in [-0.05, 0) is 28.8 Å². The van der Waals surface area contributed by atoms with Crippen molar-refractivity contribution in [2.75, 3.05) is 11.9 Å². The van der Waals surface area contributed by atoms with Crippen molar-refractivity contribution in [3.8, 4) is 0 Å². The zero-order chi connectivity index (χ0) is 11.4. The molecular formula is C16H13N. The first-order valence-corrected chi connectivity index (χ1v) is 5.99. The standard InChI is InChI=1S/C16H13N/c1-17-14-9-5-4-8-13(14)16-12-7-3-2-6-11(12)10-15(16)17/h2-10,16H,1H3. The lowest BCUT2D eigenvalue weighted by Crippen LogP contribution is -2.11. The van der Waals surface area contributed by atoms with Crippen LogP contribution in [-0.4, -0.2) is 7.05 Å². The highest BCUT2D eigenvalue weighted by molar-refractivity contribution is 5.81. The van der Waals surface area contributed by atoms with Gasteiger partial charge >= 0.3 is 0 Å². The van der Waals surface area contributed by atoms with Crippen LogP contribution in [0.4, 0.5) is 5.69 Å². The Morgan fingerprint density at radius 2 is 1.59 bits per heavy atom. The minimum Gasteiger partial charge on any atom is -0.347 e. The smallest absolute Gasteiger partial charge is 0.0519 e. The van der Waals surface area contributed by atoms with Crippen molar-refractivity contribution < 1.29 is 0 Å². The number of para-hydroxylation sites is 1. The zero-order valence-electron chi connectivity index (χ0n) is 9.72. The van der Waals surface area contributed by atoms with Gasteiger partial charge in [-0.25, -0.2) is 0 Å². The molecule has 1 atom stereocenters. The number of fused-ring (bicyclic) bond motifs is 5. The number of hydrogen-bond acceptors (Lipinski definition) is 1. The van der Waals surface area contributed by atoms with Crippen molar-refractivity contribution in [3.05, 3.63) is 70.9 Å². The Labute approximate surface area is 101 Å². The molecule has 0 amide bonds. The number of allylic oxidation sites excluding steroid dienone is 1. The normalized spacial score (nSPS) is 19.7. The van der Waals surface area contributed by atoms with Crippen molar-refractivity contribution in [2.24, 2.45) is 0 Å². The second-order valence-electron chi connectivity index (χ2n) is 4.75. The van der Waals surface area contributed by atoms with E-state index >= 15 is 0 Å². The molecule has 1 aliphatic carbocycles. The van der Waals surface area contributed by atoms with E-state index in [4.69, 9.17) is 0 Å². The number of likely N-dealkylation sites (N-methyl/N-ethyl adjacent to an activating group) is 1. The molecule has 0 spiro atoms. The maximum atomic E-state index is 2.32. The molecule has 1 heteroatoms. The molecule has 1 unspecified atom stereocenters. The Balaban J connectivity index is 2.01. The summed E-state index contributed by atoms with van der Waals surface area (Å²) >= 11 is 0. The van der Waals surface area contributed by atoms with Gasteiger partial charge in [0.25, 0.3) is 0 Å². The van der Waals surface area contributed by atoms with Crippen LogP contribution in [-0.2, 0) is 0 Å². The molecule has 17 heavy (non-hydrogen) atoms. The summed E-state index contributed by atoms with van der Waals surface area (Å²) in [5, 5.41) is 0. The second kappa shape index (κ2) is 3.01. The third-order valence-corrected chi connectivity index (χ3v) is 3.90. The van der Waals surface area contributed by atoms with Gasteiger partial charge in [-0.15, -0.1) is 0 Å². The molecule has 1 nitrogen and oxygen atoms in total. The number of rotatable bonds is 0. The molecule has 0 saturated heterocycles. The summed E-state index contributed by atoms with van der Waals surface area (Å²) in [6, 6.07) is 17.4. The molecule has 0 radical (unpaired) electrons. The first-order valence-electron chi connectivity index (χ1n) is 5.99. The van der Waals surface area contributed by atoms with Gasteiger partial charge in [-0.2, -0.15) is 0 Å². The minimum absolute atomic E-state index is 0.451. The number of benzene rings is 2. The van der Waals surface area contributed by atoms with E-state index < -0.39 is 0 Å². The largest absolute Gasteiger partial charge is 0.347 e. The van der Waals surface area contributed by atoms with Gasteiger partial charge in [0.05, 0.1) is 5.92 Å². The summed E-state index contributed by atoms with van der Waals surface area (Å²) in [7, 11) is 2.16. The molecule has 1 heterocycles. The Morgan fingerprint density at radius 3 is 2.47 bits per heavy atom. The Bertz CT molecular complexity index is 639. The van der Waals surface area contributed by atoms with E-state index in [2.05, 4.69) is 66.6 Å². The maximum absolute atomic E-state index is 2.32. The van der Waals surface area contributed by atoms with E-state index in [1.165, 1.54) is 28.1 Å². The third kappa shape index (κ3) is 1.04. The van der Waals surface area contributed by atoms with Crippen molar-refractivity contribution in [1.29, 1.82) is 0 Å². The average molecular weight is 219 g/mol. The van der Waals surface area contributed by atoms with E-state index in [9.17, 15) is 0 Å². The Morgan fingerprint density at radius 1 is 0.882 bits per heavy atom. The first-order chi connectivity index (χ1) is 8.36. The predicted octanol–water partition coefficient (Wildman–Crippen LogP) is 3.62. The van der Waals surface area contributed by atoms with E-state index in [0.717, 1.165) is 0 Å². The van der Waals surface area contributed by atoms with Gasteiger partial charge in [-0.1, -0.05) is 42.5 Å². The second-order valence-corrected chi connectivity index (χ2v) is 4.75. The van der Waals surface area contributed by atoms with Crippen LogP contribution in [0.1, 0.15) is 22.6 Å². The fourth-order valence-corrected chi connectivity index (χ4v) is 3.10.